The quantitative estimate of drug-likeness (QED) is 0.229. The molecule has 2 rings (SSSR count). The molecule has 202 valence electrons. The molecule has 8 nitrogen and oxygen atoms in total. The molecular weight excluding hydrogens is 458 g/mol. The van der Waals surface area contributed by atoms with Crippen LogP contribution in [0.3, 0.4) is 0 Å². The molecule has 0 spiro atoms. The van der Waals surface area contributed by atoms with Crippen LogP contribution in [-0.2, 0) is 14.3 Å². The molecule has 1 amide bonds. The van der Waals surface area contributed by atoms with Crippen molar-refractivity contribution in [3.8, 4) is 17.2 Å². The monoisotopic (exact) mass is 503 g/mol. The number of hydrogen-bond acceptors (Lipinski definition) is 7. The van der Waals surface area contributed by atoms with Gasteiger partial charge in [-0.15, -0.1) is 10.2 Å². The van der Waals surface area contributed by atoms with Gasteiger partial charge >= 0.3 is 0 Å². The molecule has 0 aliphatic rings. The largest absolute Gasteiger partial charge is 0.491 e. The first-order chi connectivity index (χ1) is 17.5. The summed E-state index contributed by atoms with van der Waals surface area (Å²) in [6, 6.07) is 7.51. The molecule has 2 aromatic rings. The van der Waals surface area contributed by atoms with E-state index in [9.17, 15) is 4.79 Å². The Bertz CT molecular complexity index is 834. The fraction of sp³-hybridized carbons (Fsp3) is 0.679. The Morgan fingerprint density at radius 1 is 0.917 bits per heavy atom. The molecule has 36 heavy (non-hydrogen) atoms. The lowest BCUT2D eigenvalue weighted by atomic mass is 9.96. The fourth-order valence-corrected chi connectivity index (χ4v) is 3.77. The Morgan fingerprint density at radius 3 is 2.31 bits per heavy atom. The fourth-order valence-electron chi connectivity index (χ4n) is 3.77. The number of benzene rings is 1. The topological polar surface area (TPSA) is 95.7 Å². The van der Waals surface area contributed by atoms with Crippen molar-refractivity contribution in [3.05, 3.63) is 30.2 Å². The van der Waals surface area contributed by atoms with Crippen molar-refractivity contribution in [2.45, 2.75) is 78.6 Å². The Labute approximate surface area is 216 Å². The lowest BCUT2D eigenvalue weighted by Crippen LogP contribution is -2.29. The van der Waals surface area contributed by atoms with E-state index in [1.165, 1.54) is 38.5 Å². The molecule has 0 aliphatic carbocycles. The first-order valence-corrected chi connectivity index (χ1v) is 13.5. The molecule has 0 saturated heterocycles. The summed E-state index contributed by atoms with van der Waals surface area (Å²) < 4.78 is 22.2. The van der Waals surface area contributed by atoms with Gasteiger partial charge in [0.1, 0.15) is 19.0 Å². The average molecular weight is 504 g/mol. The standard InChI is InChI=1S/C28H45N3O5/c1-5-23(6-2)11-9-7-8-10-16-29-26(32)21-34-18-17-33-19-20-35-25-14-12-24(13-15-25)28-31-30-27(36-28)22(3)4/h12-15,22-23H,5-11,16-21H2,1-4H3,(H,29,32). The van der Waals surface area contributed by atoms with Gasteiger partial charge in [0.05, 0.1) is 19.8 Å². The van der Waals surface area contributed by atoms with Gasteiger partial charge in [-0.25, -0.2) is 0 Å². The van der Waals surface area contributed by atoms with Crippen LogP contribution in [0.1, 0.15) is 84.4 Å². The number of ether oxygens (including phenoxy) is 3. The van der Waals surface area contributed by atoms with E-state index >= 15 is 0 Å². The Balaban J connectivity index is 1.42. The lowest BCUT2D eigenvalue weighted by molar-refractivity contribution is -0.126. The number of hydrogen-bond donors (Lipinski definition) is 1. The van der Waals surface area contributed by atoms with E-state index in [4.69, 9.17) is 18.6 Å². The predicted molar refractivity (Wildman–Crippen MR) is 141 cm³/mol. The van der Waals surface area contributed by atoms with E-state index in [0.717, 1.165) is 30.2 Å². The van der Waals surface area contributed by atoms with E-state index in [1.54, 1.807) is 0 Å². The highest BCUT2D eigenvalue weighted by atomic mass is 16.5. The number of rotatable bonds is 20. The van der Waals surface area contributed by atoms with Gasteiger partial charge in [-0.1, -0.05) is 66.2 Å². The van der Waals surface area contributed by atoms with Gasteiger partial charge in [0, 0.05) is 18.0 Å². The Kier molecular flexibility index (Phi) is 14.8. The first kappa shape index (κ1) is 29.8. The van der Waals surface area contributed by atoms with Crippen LogP contribution in [0.4, 0.5) is 0 Å². The minimum atomic E-state index is -0.0697. The molecule has 0 radical (unpaired) electrons. The average Bonchev–Trinajstić information content (AvgIpc) is 3.38. The summed E-state index contributed by atoms with van der Waals surface area (Å²) in [6.45, 7) is 11.0. The molecular formula is C28H45N3O5. The second-order valence-corrected chi connectivity index (χ2v) is 9.37. The van der Waals surface area contributed by atoms with Crippen LogP contribution in [0.25, 0.3) is 11.5 Å². The number of unbranched alkanes of at least 4 members (excludes halogenated alkanes) is 3. The van der Waals surface area contributed by atoms with Crippen molar-refractivity contribution >= 4 is 5.91 Å². The van der Waals surface area contributed by atoms with Crippen LogP contribution in [0.2, 0.25) is 0 Å². The molecule has 1 N–H and O–H groups in total. The second-order valence-electron chi connectivity index (χ2n) is 9.37. The van der Waals surface area contributed by atoms with Crippen LogP contribution in [0.15, 0.2) is 28.7 Å². The van der Waals surface area contributed by atoms with Gasteiger partial charge in [-0.3, -0.25) is 4.79 Å². The lowest BCUT2D eigenvalue weighted by Gasteiger charge is -2.11. The van der Waals surface area contributed by atoms with Crippen molar-refractivity contribution in [1.29, 1.82) is 0 Å². The summed E-state index contributed by atoms with van der Waals surface area (Å²) in [7, 11) is 0. The van der Waals surface area contributed by atoms with Crippen molar-refractivity contribution in [2.75, 3.05) is 39.6 Å². The molecule has 0 bridgehead atoms. The maximum atomic E-state index is 11.8. The smallest absolute Gasteiger partial charge is 0.247 e. The molecule has 0 unspecified atom stereocenters. The molecule has 0 aliphatic heterocycles. The van der Waals surface area contributed by atoms with Crippen molar-refractivity contribution < 1.29 is 23.4 Å². The molecule has 1 heterocycles. The zero-order valence-electron chi connectivity index (χ0n) is 22.6. The van der Waals surface area contributed by atoms with Gasteiger partial charge in [-0.05, 0) is 36.6 Å². The van der Waals surface area contributed by atoms with Gasteiger partial charge in [0.25, 0.3) is 0 Å². The van der Waals surface area contributed by atoms with Crippen LogP contribution in [-0.4, -0.2) is 55.7 Å². The minimum Gasteiger partial charge on any atom is -0.491 e. The summed E-state index contributed by atoms with van der Waals surface area (Å²) in [6.07, 6.45) is 8.62. The number of nitrogens with zero attached hydrogens (tertiary/aromatic N) is 2. The summed E-state index contributed by atoms with van der Waals surface area (Å²) in [5.74, 6) is 2.87. The first-order valence-electron chi connectivity index (χ1n) is 13.5. The van der Waals surface area contributed by atoms with E-state index in [0.29, 0.717) is 38.2 Å². The molecule has 1 aromatic heterocycles. The number of carbonyl (C=O) groups is 1. The van der Waals surface area contributed by atoms with E-state index < -0.39 is 0 Å². The Morgan fingerprint density at radius 2 is 1.61 bits per heavy atom. The third-order valence-electron chi connectivity index (χ3n) is 6.15. The van der Waals surface area contributed by atoms with Gasteiger partial charge in [0.15, 0.2) is 0 Å². The summed E-state index contributed by atoms with van der Waals surface area (Å²) in [4.78, 5) is 11.8. The normalized spacial score (nSPS) is 11.4. The third-order valence-corrected chi connectivity index (χ3v) is 6.15. The van der Waals surface area contributed by atoms with E-state index in [-0.39, 0.29) is 18.4 Å². The van der Waals surface area contributed by atoms with Crippen LogP contribution in [0.5, 0.6) is 5.75 Å². The highest BCUT2D eigenvalue weighted by Gasteiger charge is 2.11. The van der Waals surface area contributed by atoms with Crippen molar-refractivity contribution in [3.63, 3.8) is 0 Å². The highest BCUT2D eigenvalue weighted by molar-refractivity contribution is 5.77. The maximum absolute atomic E-state index is 11.8. The highest BCUT2D eigenvalue weighted by Crippen LogP contribution is 2.23. The molecule has 0 saturated carbocycles. The second kappa shape index (κ2) is 17.9. The Hall–Kier alpha value is -2.45. The molecule has 8 heteroatoms. The predicted octanol–water partition coefficient (Wildman–Crippen LogP) is 5.77. The van der Waals surface area contributed by atoms with Gasteiger partial charge in [-0.2, -0.15) is 0 Å². The maximum Gasteiger partial charge on any atom is 0.247 e. The number of nitrogens with one attached hydrogen (secondary N) is 1. The van der Waals surface area contributed by atoms with Crippen LogP contribution < -0.4 is 10.1 Å². The number of carbonyl (C=O) groups excluding carboxylic acids is 1. The van der Waals surface area contributed by atoms with Gasteiger partial charge in [0.2, 0.25) is 17.7 Å². The number of aromatic nitrogens is 2. The third kappa shape index (κ3) is 12.0. The summed E-state index contributed by atoms with van der Waals surface area (Å²) >= 11 is 0. The molecule has 1 aromatic carbocycles. The molecule has 0 fully saturated rings. The van der Waals surface area contributed by atoms with E-state index in [2.05, 4.69) is 29.4 Å². The zero-order valence-corrected chi connectivity index (χ0v) is 22.6. The van der Waals surface area contributed by atoms with Crippen LogP contribution >= 0.6 is 0 Å². The van der Waals surface area contributed by atoms with Crippen LogP contribution in [0, 0.1) is 5.92 Å². The number of amides is 1. The zero-order chi connectivity index (χ0) is 26.0. The van der Waals surface area contributed by atoms with E-state index in [1.807, 2.05) is 38.1 Å². The molecule has 0 atom stereocenters. The van der Waals surface area contributed by atoms with Crippen molar-refractivity contribution in [1.82, 2.24) is 15.5 Å². The SMILES string of the molecule is CCC(CC)CCCCCCNC(=O)COCCOCCOc1ccc(-c2nnc(C(C)C)o2)cc1. The summed E-state index contributed by atoms with van der Waals surface area (Å²) in [5, 5.41) is 11.1. The minimum absolute atomic E-state index is 0.0690. The van der Waals surface area contributed by atoms with Gasteiger partial charge < -0.3 is 23.9 Å². The summed E-state index contributed by atoms with van der Waals surface area (Å²) in [5.41, 5.74) is 0.853. The van der Waals surface area contributed by atoms with Crippen molar-refractivity contribution in [2.24, 2.45) is 5.92 Å².